The number of rotatable bonds is 3. The molecule has 0 unspecified atom stereocenters. The van der Waals surface area contributed by atoms with Crippen LogP contribution in [-0.2, 0) is 9.59 Å². The van der Waals surface area contributed by atoms with E-state index in [1.165, 1.54) is 17.7 Å². The van der Waals surface area contributed by atoms with Crippen LogP contribution < -0.4 is 15.1 Å². The Labute approximate surface area is 173 Å². The molecule has 0 atom stereocenters. The first kappa shape index (κ1) is 18.7. The molecule has 0 aliphatic carbocycles. The van der Waals surface area contributed by atoms with Gasteiger partial charge in [0.25, 0.3) is 11.8 Å². The lowest BCUT2D eigenvalue weighted by atomic mass is 10.1. The number of hydrogen-bond acceptors (Lipinski definition) is 4. The van der Waals surface area contributed by atoms with E-state index in [9.17, 15) is 9.59 Å². The summed E-state index contributed by atoms with van der Waals surface area (Å²) < 4.78 is 0. The molecule has 4 rings (SSSR count). The summed E-state index contributed by atoms with van der Waals surface area (Å²) in [5.74, 6) is -0.975. The van der Waals surface area contributed by atoms with Crippen molar-refractivity contribution in [3.05, 3.63) is 64.7 Å². The van der Waals surface area contributed by atoms with Gasteiger partial charge < -0.3 is 4.90 Å². The van der Waals surface area contributed by atoms with Crippen LogP contribution in [0.5, 0.6) is 0 Å². The molecule has 0 aromatic heterocycles. The SMILES string of the molecule is O=C1NC(=S)N(c2cccc(Cl)c2)C(=O)/C1=C/c1ccc(N2CCCC2)cc1. The molecule has 2 heterocycles. The number of nitrogens with one attached hydrogen (secondary N) is 1. The van der Waals surface area contributed by atoms with Crippen molar-refractivity contribution in [2.75, 3.05) is 22.9 Å². The standard InChI is InChI=1S/C21H18ClN3O2S/c22-15-4-3-5-17(13-15)25-20(27)18(19(26)23-21(25)28)12-14-6-8-16(9-7-14)24-10-1-2-11-24/h3-9,12-13H,1-2,10-11H2,(H,23,26,28)/b18-12+. The molecular weight excluding hydrogens is 394 g/mol. The molecule has 1 N–H and O–H groups in total. The molecule has 142 valence electrons. The highest BCUT2D eigenvalue weighted by atomic mass is 35.5. The lowest BCUT2D eigenvalue weighted by Gasteiger charge is -2.29. The van der Waals surface area contributed by atoms with Crippen molar-refractivity contribution in [2.24, 2.45) is 0 Å². The number of thiocarbonyl (C=S) groups is 1. The van der Waals surface area contributed by atoms with E-state index in [0.29, 0.717) is 10.7 Å². The van der Waals surface area contributed by atoms with Crippen LogP contribution in [-0.4, -0.2) is 30.0 Å². The predicted molar refractivity (Wildman–Crippen MR) is 116 cm³/mol. The summed E-state index contributed by atoms with van der Waals surface area (Å²) in [4.78, 5) is 29.0. The molecule has 2 amide bonds. The Balaban J connectivity index is 1.63. The highest BCUT2D eigenvalue weighted by Gasteiger charge is 2.34. The molecule has 2 saturated heterocycles. The lowest BCUT2D eigenvalue weighted by Crippen LogP contribution is -2.54. The number of nitrogens with zero attached hydrogens (tertiary/aromatic N) is 2. The van der Waals surface area contributed by atoms with Crippen LogP contribution in [0.2, 0.25) is 5.02 Å². The van der Waals surface area contributed by atoms with Gasteiger partial charge in [0.15, 0.2) is 5.11 Å². The van der Waals surface area contributed by atoms with Crippen molar-refractivity contribution < 1.29 is 9.59 Å². The monoisotopic (exact) mass is 411 g/mol. The van der Waals surface area contributed by atoms with Crippen molar-refractivity contribution in [3.8, 4) is 0 Å². The van der Waals surface area contributed by atoms with Crippen molar-refractivity contribution >= 4 is 58.2 Å². The average Bonchev–Trinajstić information content (AvgIpc) is 3.20. The Bertz CT molecular complexity index is 981. The van der Waals surface area contributed by atoms with Gasteiger partial charge in [0.2, 0.25) is 0 Å². The lowest BCUT2D eigenvalue weighted by molar-refractivity contribution is -0.122. The Morgan fingerprint density at radius 1 is 1.00 bits per heavy atom. The van der Waals surface area contributed by atoms with E-state index in [2.05, 4.69) is 10.2 Å². The molecule has 7 heteroatoms. The van der Waals surface area contributed by atoms with Crippen LogP contribution in [0, 0.1) is 0 Å². The van der Waals surface area contributed by atoms with Gasteiger partial charge in [-0.25, -0.2) is 0 Å². The fourth-order valence-corrected chi connectivity index (χ4v) is 3.90. The van der Waals surface area contributed by atoms with E-state index < -0.39 is 11.8 Å². The zero-order valence-corrected chi connectivity index (χ0v) is 16.6. The van der Waals surface area contributed by atoms with Crippen molar-refractivity contribution in [1.29, 1.82) is 0 Å². The van der Waals surface area contributed by atoms with E-state index in [-0.39, 0.29) is 10.7 Å². The highest BCUT2D eigenvalue weighted by Crippen LogP contribution is 2.25. The first-order chi connectivity index (χ1) is 13.5. The van der Waals surface area contributed by atoms with E-state index in [4.69, 9.17) is 23.8 Å². The van der Waals surface area contributed by atoms with Gasteiger partial charge in [0, 0.05) is 23.8 Å². The Kier molecular flexibility index (Phi) is 5.15. The van der Waals surface area contributed by atoms with Gasteiger partial charge in [-0.15, -0.1) is 0 Å². The van der Waals surface area contributed by atoms with Crippen molar-refractivity contribution in [1.82, 2.24) is 5.32 Å². The molecule has 2 aromatic carbocycles. The van der Waals surface area contributed by atoms with Gasteiger partial charge in [0.05, 0.1) is 5.69 Å². The Hall–Kier alpha value is -2.70. The van der Waals surface area contributed by atoms with E-state index in [1.807, 2.05) is 24.3 Å². The Morgan fingerprint density at radius 3 is 2.39 bits per heavy atom. The molecule has 0 spiro atoms. The zero-order chi connectivity index (χ0) is 19.7. The van der Waals surface area contributed by atoms with Gasteiger partial charge in [-0.05, 0) is 67.0 Å². The van der Waals surface area contributed by atoms with Crippen molar-refractivity contribution in [3.63, 3.8) is 0 Å². The second kappa shape index (κ2) is 7.73. The molecule has 2 fully saturated rings. The number of carbonyl (C=O) groups is 2. The van der Waals surface area contributed by atoms with Gasteiger partial charge in [-0.2, -0.15) is 0 Å². The fourth-order valence-electron chi connectivity index (χ4n) is 3.43. The Morgan fingerprint density at radius 2 is 1.71 bits per heavy atom. The van der Waals surface area contributed by atoms with Crippen LogP contribution in [0.15, 0.2) is 54.1 Å². The molecule has 0 radical (unpaired) electrons. The molecule has 5 nitrogen and oxygen atoms in total. The predicted octanol–water partition coefficient (Wildman–Crippen LogP) is 3.77. The van der Waals surface area contributed by atoms with Crippen LogP contribution >= 0.6 is 23.8 Å². The molecule has 2 aliphatic heterocycles. The van der Waals surface area contributed by atoms with Gasteiger partial charge in [-0.1, -0.05) is 29.8 Å². The van der Waals surface area contributed by atoms with Crippen LogP contribution in [0.4, 0.5) is 11.4 Å². The second-order valence-corrected chi connectivity index (χ2v) is 7.55. The topological polar surface area (TPSA) is 52.7 Å². The summed E-state index contributed by atoms with van der Waals surface area (Å²) >= 11 is 11.2. The average molecular weight is 412 g/mol. The quantitative estimate of drug-likeness (QED) is 0.474. The van der Waals surface area contributed by atoms with Crippen LogP contribution in [0.1, 0.15) is 18.4 Å². The minimum absolute atomic E-state index is 0.0301. The molecule has 2 aliphatic rings. The maximum Gasteiger partial charge on any atom is 0.270 e. The van der Waals surface area contributed by atoms with Crippen LogP contribution in [0.25, 0.3) is 6.08 Å². The third-order valence-corrected chi connectivity index (χ3v) is 5.36. The van der Waals surface area contributed by atoms with E-state index >= 15 is 0 Å². The van der Waals surface area contributed by atoms with Crippen LogP contribution in [0.3, 0.4) is 0 Å². The molecule has 28 heavy (non-hydrogen) atoms. The summed E-state index contributed by atoms with van der Waals surface area (Å²) in [6, 6.07) is 14.6. The molecule has 0 saturated carbocycles. The number of benzene rings is 2. The first-order valence-electron chi connectivity index (χ1n) is 9.05. The molecule has 2 aromatic rings. The van der Waals surface area contributed by atoms with Crippen molar-refractivity contribution in [2.45, 2.75) is 12.8 Å². The minimum Gasteiger partial charge on any atom is -0.372 e. The summed E-state index contributed by atoms with van der Waals surface area (Å²) in [6.45, 7) is 2.13. The second-order valence-electron chi connectivity index (χ2n) is 6.72. The van der Waals surface area contributed by atoms with Gasteiger partial charge >= 0.3 is 0 Å². The largest absolute Gasteiger partial charge is 0.372 e. The number of hydrogen-bond donors (Lipinski definition) is 1. The summed E-state index contributed by atoms with van der Waals surface area (Å²) in [6.07, 6.45) is 4.00. The number of carbonyl (C=O) groups excluding carboxylic acids is 2. The maximum atomic E-state index is 13.0. The fraction of sp³-hybridized carbons (Fsp3) is 0.190. The molecular formula is C21H18ClN3O2S. The summed E-state index contributed by atoms with van der Waals surface area (Å²) in [5, 5.41) is 3.10. The number of amides is 2. The number of anilines is 2. The maximum absolute atomic E-state index is 13.0. The highest BCUT2D eigenvalue weighted by molar-refractivity contribution is 7.80. The summed E-state index contributed by atoms with van der Waals surface area (Å²) in [7, 11) is 0. The van der Waals surface area contributed by atoms with E-state index in [1.54, 1.807) is 30.3 Å². The minimum atomic E-state index is -0.503. The van der Waals surface area contributed by atoms with Gasteiger partial charge in [-0.3, -0.25) is 19.8 Å². The first-order valence-corrected chi connectivity index (χ1v) is 9.83. The smallest absolute Gasteiger partial charge is 0.270 e. The summed E-state index contributed by atoms with van der Waals surface area (Å²) in [5.41, 5.74) is 2.47. The normalized spacial score (nSPS) is 18.8. The zero-order valence-electron chi connectivity index (χ0n) is 15.0. The molecule has 0 bridgehead atoms. The van der Waals surface area contributed by atoms with Gasteiger partial charge in [0.1, 0.15) is 5.57 Å². The number of halogens is 1. The third kappa shape index (κ3) is 3.66. The van der Waals surface area contributed by atoms with E-state index in [0.717, 1.165) is 24.3 Å². The third-order valence-electron chi connectivity index (χ3n) is 4.84.